The molecule has 0 spiro atoms. The van der Waals surface area contributed by atoms with Crippen LogP contribution in [0.25, 0.3) is 10.9 Å². The molecule has 0 fully saturated rings. The minimum Gasteiger partial charge on any atom is -0.350 e. The highest BCUT2D eigenvalue weighted by Crippen LogP contribution is 2.23. The quantitative estimate of drug-likeness (QED) is 0.482. The van der Waals surface area contributed by atoms with Gasteiger partial charge in [-0.3, -0.25) is 14.2 Å². The van der Waals surface area contributed by atoms with Crippen molar-refractivity contribution in [3.63, 3.8) is 0 Å². The average molecular weight is 402 g/mol. The lowest BCUT2D eigenvalue weighted by atomic mass is 10.2. The lowest BCUT2D eigenvalue weighted by Crippen LogP contribution is -2.32. The van der Waals surface area contributed by atoms with Gasteiger partial charge in [0.1, 0.15) is 0 Å². The number of thioether (sulfide) groups is 1. The molecule has 142 valence electrons. The maximum Gasteiger partial charge on any atom is 0.262 e. The second-order valence-electron chi connectivity index (χ2n) is 6.78. The SMILES string of the molecule is CC(C)Cn1c(S[C@H](C)C(=O)NCc2cccs2)nc2ccccc2c1=O. The zero-order valence-electron chi connectivity index (χ0n) is 15.6. The van der Waals surface area contributed by atoms with Gasteiger partial charge >= 0.3 is 0 Å². The Hall–Kier alpha value is -2.12. The number of amides is 1. The molecule has 5 nitrogen and oxygen atoms in total. The molecule has 0 radical (unpaired) electrons. The van der Waals surface area contributed by atoms with E-state index in [1.54, 1.807) is 22.0 Å². The number of hydrogen-bond donors (Lipinski definition) is 1. The summed E-state index contributed by atoms with van der Waals surface area (Å²) in [6.45, 7) is 7.06. The van der Waals surface area contributed by atoms with Crippen LogP contribution in [0.2, 0.25) is 0 Å². The Bertz CT molecular complexity index is 981. The number of thiophene rings is 1. The number of rotatable bonds is 7. The Balaban J connectivity index is 1.83. The monoisotopic (exact) mass is 401 g/mol. The van der Waals surface area contributed by atoms with Crippen LogP contribution in [0.15, 0.2) is 51.7 Å². The Morgan fingerprint density at radius 3 is 2.70 bits per heavy atom. The fourth-order valence-electron chi connectivity index (χ4n) is 2.71. The highest BCUT2D eigenvalue weighted by Gasteiger charge is 2.19. The summed E-state index contributed by atoms with van der Waals surface area (Å²) in [7, 11) is 0. The molecule has 0 unspecified atom stereocenters. The summed E-state index contributed by atoms with van der Waals surface area (Å²) in [4.78, 5) is 31.2. The Morgan fingerprint density at radius 2 is 2.00 bits per heavy atom. The lowest BCUT2D eigenvalue weighted by molar-refractivity contribution is -0.120. The fourth-order valence-corrected chi connectivity index (χ4v) is 4.29. The second-order valence-corrected chi connectivity index (χ2v) is 9.12. The Morgan fingerprint density at radius 1 is 1.22 bits per heavy atom. The third-order valence-corrected chi connectivity index (χ3v) is 6.01. The van der Waals surface area contributed by atoms with Gasteiger partial charge in [-0.25, -0.2) is 4.98 Å². The summed E-state index contributed by atoms with van der Waals surface area (Å²) >= 11 is 2.94. The molecule has 2 aromatic heterocycles. The molecule has 0 aliphatic heterocycles. The van der Waals surface area contributed by atoms with Crippen LogP contribution in [0.3, 0.4) is 0 Å². The molecule has 3 aromatic rings. The first kappa shape index (κ1) is 19.6. The van der Waals surface area contributed by atoms with Crippen LogP contribution in [0.1, 0.15) is 25.6 Å². The van der Waals surface area contributed by atoms with Crippen LogP contribution in [-0.2, 0) is 17.9 Å². The molecular formula is C20H23N3O2S2. The molecule has 0 bridgehead atoms. The molecule has 2 heterocycles. The fraction of sp³-hybridized carbons (Fsp3) is 0.350. The van der Waals surface area contributed by atoms with E-state index in [1.807, 2.05) is 42.6 Å². The molecule has 7 heteroatoms. The van der Waals surface area contributed by atoms with Crippen molar-refractivity contribution in [2.24, 2.45) is 5.92 Å². The third kappa shape index (κ3) is 4.78. The predicted molar refractivity (Wildman–Crippen MR) is 112 cm³/mol. The van der Waals surface area contributed by atoms with Crippen LogP contribution >= 0.6 is 23.1 Å². The van der Waals surface area contributed by atoms with Crippen molar-refractivity contribution in [1.29, 1.82) is 0 Å². The van der Waals surface area contributed by atoms with E-state index in [0.29, 0.717) is 35.1 Å². The molecule has 1 atom stereocenters. The van der Waals surface area contributed by atoms with Gasteiger partial charge in [0, 0.05) is 11.4 Å². The number of carbonyl (C=O) groups excluding carboxylic acids is 1. The number of para-hydroxylation sites is 1. The van der Waals surface area contributed by atoms with Crippen molar-refractivity contribution >= 4 is 39.9 Å². The maximum absolute atomic E-state index is 12.9. The van der Waals surface area contributed by atoms with Gasteiger partial charge in [0.25, 0.3) is 5.56 Å². The molecule has 0 saturated heterocycles. The van der Waals surface area contributed by atoms with Crippen molar-refractivity contribution in [3.8, 4) is 0 Å². The lowest BCUT2D eigenvalue weighted by Gasteiger charge is -2.17. The number of nitrogens with zero attached hydrogens (tertiary/aromatic N) is 2. The number of benzene rings is 1. The van der Waals surface area contributed by atoms with Crippen LogP contribution in [0.5, 0.6) is 0 Å². The van der Waals surface area contributed by atoms with E-state index in [1.165, 1.54) is 11.8 Å². The molecule has 0 saturated carbocycles. The van der Waals surface area contributed by atoms with Gasteiger partial charge in [-0.05, 0) is 36.4 Å². The highest BCUT2D eigenvalue weighted by molar-refractivity contribution is 8.00. The first-order chi connectivity index (χ1) is 13.0. The van der Waals surface area contributed by atoms with E-state index in [9.17, 15) is 9.59 Å². The van der Waals surface area contributed by atoms with E-state index < -0.39 is 0 Å². The molecule has 3 rings (SSSR count). The van der Waals surface area contributed by atoms with E-state index >= 15 is 0 Å². The van der Waals surface area contributed by atoms with Gasteiger partial charge in [0.05, 0.1) is 22.7 Å². The first-order valence-corrected chi connectivity index (χ1v) is 10.7. The minimum absolute atomic E-state index is 0.0528. The minimum atomic E-state index is -0.351. The maximum atomic E-state index is 12.9. The topological polar surface area (TPSA) is 64.0 Å². The Kier molecular flexibility index (Phi) is 6.34. The number of hydrogen-bond acceptors (Lipinski definition) is 5. The summed E-state index contributed by atoms with van der Waals surface area (Å²) in [6.07, 6.45) is 0. The van der Waals surface area contributed by atoms with E-state index in [4.69, 9.17) is 0 Å². The molecule has 1 N–H and O–H groups in total. The number of carbonyl (C=O) groups is 1. The van der Waals surface area contributed by atoms with Crippen molar-refractivity contribution < 1.29 is 4.79 Å². The summed E-state index contributed by atoms with van der Waals surface area (Å²) in [5, 5.41) is 5.79. The largest absolute Gasteiger partial charge is 0.350 e. The second kappa shape index (κ2) is 8.71. The predicted octanol–water partition coefficient (Wildman–Crippen LogP) is 3.91. The number of aromatic nitrogens is 2. The van der Waals surface area contributed by atoms with Crippen molar-refractivity contribution in [2.75, 3.05) is 0 Å². The van der Waals surface area contributed by atoms with Crippen molar-refractivity contribution in [3.05, 3.63) is 57.0 Å². The van der Waals surface area contributed by atoms with Gasteiger partial charge < -0.3 is 5.32 Å². The van der Waals surface area contributed by atoms with Crippen LogP contribution in [0, 0.1) is 5.92 Å². The molecule has 1 aromatic carbocycles. The zero-order valence-corrected chi connectivity index (χ0v) is 17.3. The van der Waals surface area contributed by atoms with Gasteiger partial charge in [-0.1, -0.05) is 43.8 Å². The van der Waals surface area contributed by atoms with Gasteiger partial charge in [0.2, 0.25) is 5.91 Å². The first-order valence-electron chi connectivity index (χ1n) is 8.92. The molecular weight excluding hydrogens is 378 g/mol. The molecule has 0 aliphatic rings. The Labute approximate surface area is 166 Å². The normalized spacial score (nSPS) is 12.4. The number of nitrogens with one attached hydrogen (secondary N) is 1. The number of fused-ring (bicyclic) bond motifs is 1. The van der Waals surface area contributed by atoms with Gasteiger partial charge in [0.15, 0.2) is 5.16 Å². The summed E-state index contributed by atoms with van der Waals surface area (Å²) < 4.78 is 1.70. The van der Waals surface area contributed by atoms with E-state index in [2.05, 4.69) is 24.1 Å². The van der Waals surface area contributed by atoms with E-state index in [0.717, 1.165) is 4.88 Å². The zero-order chi connectivity index (χ0) is 19.4. The standard InChI is InChI=1S/C20H23N3O2S2/c1-13(2)12-23-19(25)16-8-4-5-9-17(16)22-20(23)27-14(3)18(24)21-11-15-7-6-10-26-15/h4-10,13-14H,11-12H2,1-3H3,(H,21,24)/t14-/m1/s1. The third-order valence-electron chi connectivity index (χ3n) is 4.04. The van der Waals surface area contributed by atoms with Crippen LogP contribution in [-0.4, -0.2) is 20.7 Å². The smallest absolute Gasteiger partial charge is 0.262 e. The highest BCUT2D eigenvalue weighted by atomic mass is 32.2. The van der Waals surface area contributed by atoms with Gasteiger partial charge in [-0.2, -0.15) is 0 Å². The van der Waals surface area contributed by atoms with E-state index in [-0.39, 0.29) is 16.7 Å². The average Bonchev–Trinajstić information content (AvgIpc) is 3.16. The summed E-state index contributed by atoms with van der Waals surface area (Å²) in [6, 6.07) is 11.3. The molecule has 1 amide bonds. The van der Waals surface area contributed by atoms with Gasteiger partial charge in [-0.15, -0.1) is 11.3 Å². The van der Waals surface area contributed by atoms with Crippen LogP contribution < -0.4 is 10.9 Å². The van der Waals surface area contributed by atoms with Crippen LogP contribution in [0.4, 0.5) is 0 Å². The summed E-state index contributed by atoms with van der Waals surface area (Å²) in [5.74, 6) is 0.236. The summed E-state index contributed by atoms with van der Waals surface area (Å²) in [5.41, 5.74) is 0.610. The van der Waals surface area contributed by atoms with Crippen molar-refractivity contribution in [2.45, 2.75) is 44.3 Å². The molecule has 0 aliphatic carbocycles. The molecule has 27 heavy (non-hydrogen) atoms. The van der Waals surface area contributed by atoms with Crippen molar-refractivity contribution in [1.82, 2.24) is 14.9 Å².